The summed E-state index contributed by atoms with van der Waals surface area (Å²) < 4.78 is 2.92. The Morgan fingerprint density at radius 3 is 2.80 bits per heavy atom. The van der Waals surface area contributed by atoms with Gasteiger partial charge in [-0.3, -0.25) is 0 Å². The molecule has 176 valence electrons. The van der Waals surface area contributed by atoms with Gasteiger partial charge in [0.2, 0.25) is 0 Å². The number of amidine groups is 1. The van der Waals surface area contributed by atoms with Crippen molar-refractivity contribution < 1.29 is 19.3 Å². The second-order valence-corrected chi connectivity index (χ2v) is 8.62. The van der Waals surface area contributed by atoms with E-state index in [1.165, 1.54) is 8.97 Å². The predicted octanol–water partition coefficient (Wildman–Crippen LogP) is 2.00. The third-order valence-electron chi connectivity index (χ3n) is 5.73. The Morgan fingerprint density at radius 1 is 1.23 bits per heavy atom. The molecule has 0 radical (unpaired) electrons. The molecular formula is C25H20ClN5O4. The van der Waals surface area contributed by atoms with Crippen molar-refractivity contribution in [3.63, 3.8) is 0 Å². The summed E-state index contributed by atoms with van der Waals surface area (Å²) in [4.78, 5) is 34.1. The zero-order valence-electron chi connectivity index (χ0n) is 18.4. The molecule has 3 heterocycles. The number of rotatable bonds is 6. The van der Waals surface area contributed by atoms with Gasteiger partial charge < -0.3 is 15.7 Å². The molecule has 0 aliphatic heterocycles. The number of carbonyl (C=O) groups is 1. The number of aromatic nitrogens is 3. The summed E-state index contributed by atoms with van der Waals surface area (Å²) in [6, 6.07) is 15.1. The summed E-state index contributed by atoms with van der Waals surface area (Å²) in [5.74, 6) is -1.04. The van der Waals surface area contributed by atoms with Crippen molar-refractivity contribution in [2.45, 2.75) is 19.4 Å². The lowest BCUT2D eigenvalue weighted by Gasteiger charge is -2.17. The number of pyridine rings is 2. The first-order chi connectivity index (χ1) is 16.9. The van der Waals surface area contributed by atoms with Gasteiger partial charge in [-0.1, -0.05) is 47.1 Å². The zero-order valence-corrected chi connectivity index (χ0v) is 19.2. The molecule has 0 saturated heterocycles. The van der Waals surface area contributed by atoms with Crippen LogP contribution in [0.15, 0.2) is 76.9 Å². The third kappa shape index (κ3) is 4.58. The lowest BCUT2D eigenvalue weighted by Crippen LogP contribution is -2.44. The van der Waals surface area contributed by atoms with E-state index in [9.17, 15) is 14.7 Å². The van der Waals surface area contributed by atoms with Gasteiger partial charge in [-0.25, -0.2) is 19.1 Å². The van der Waals surface area contributed by atoms with Crippen LogP contribution >= 0.6 is 11.6 Å². The molecule has 0 amide bonds. The van der Waals surface area contributed by atoms with E-state index in [1.807, 2.05) is 0 Å². The maximum absolute atomic E-state index is 13.6. The van der Waals surface area contributed by atoms with Crippen LogP contribution in [0.1, 0.15) is 24.0 Å². The topological polar surface area (TPSA) is 126 Å². The Bertz CT molecular complexity index is 1530. The van der Waals surface area contributed by atoms with Crippen LogP contribution in [0.2, 0.25) is 5.15 Å². The molecule has 0 spiro atoms. The summed E-state index contributed by atoms with van der Waals surface area (Å²) in [6.45, 7) is 0.185. The zero-order chi connectivity index (χ0) is 24.5. The number of halogens is 1. The lowest BCUT2D eigenvalue weighted by molar-refractivity contribution is -0.708. The van der Waals surface area contributed by atoms with E-state index in [0.29, 0.717) is 21.9 Å². The van der Waals surface area contributed by atoms with E-state index in [1.54, 1.807) is 67.0 Å². The Balaban J connectivity index is 1.59. The highest BCUT2D eigenvalue weighted by Crippen LogP contribution is 2.30. The normalized spacial score (nSPS) is 13.7. The standard InChI is InChI=1S/C25H20ClN5O4/c26-19-10-7-15(13-28-19)14-31-20-6-1-2-11-30(20)23(32)21(24(31)33)17-4-3-5-18(12-17)22(27)29-35-25(34)16-8-9-16/h1-7,10-13,16H,8-9,14H2,(H2-,27,29,32,33). The van der Waals surface area contributed by atoms with Gasteiger partial charge in [0.1, 0.15) is 17.3 Å². The van der Waals surface area contributed by atoms with Crippen molar-refractivity contribution in [2.75, 3.05) is 0 Å². The second-order valence-electron chi connectivity index (χ2n) is 8.23. The molecule has 35 heavy (non-hydrogen) atoms. The van der Waals surface area contributed by atoms with Crippen LogP contribution in [-0.2, 0) is 16.2 Å². The van der Waals surface area contributed by atoms with E-state index in [4.69, 9.17) is 22.2 Å². The smallest absolute Gasteiger partial charge is 0.349 e. The first-order valence-electron chi connectivity index (χ1n) is 10.9. The fraction of sp³-hybridized carbons (Fsp3) is 0.160. The summed E-state index contributed by atoms with van der Waals surface area (Å²) in [6.07, 6.45) is 4.76. The number of hydrogen-bond donors (Lipinski definition) is 1. The van der Waals surface area contributed by atoms with Gasteiger partial charge in [0.05, 0.1) is 18.0 Å². The predicted molar refractivity (Wildman–Crippen MR) is 127 cm³/mol. The van der Waals surface area contributed by atoms with Gasteiger partial charge in [0.15, 0.2) is 5.84 Å². The molecule has 0 unspecified atom stereocenters. The fourth-order valence-corrected chi connectivity index (χ4v) is 3.85. The van der Waals surface area contributed by atoms with E-state index in [2.05, 4.69) is 10.1 Å². The van der Waals surface area contributed by atoms with Gasteiger partial charge in [0, 0.05) is 23.4 Å². The Morgan fingerprint density at radius 2 is 2.06 bits per heavy atom. The molecule has 10 heteroatoms. The summed E-state index contributed by atoms with van der Waals surface area (Å²) in [7, 11) is 0. The summed E-state index contributed by atoms with van der Waals surface area (Å²) in [5, 5.41) is 17.7. The van der Waals surface area contributed by atoms with Crippen molar-refractivity contribution in [3.05, 3.63) is 93.6 Å². The molecule has 4 aromatic rings. The van der Waals surface area contributed by atoms with Crippen LogP contribution in [0, 0.1) is 5.92 Å². The molecule has 0 atom stereocenters. The number of hydrogen-bond acceptors (Lipinski definition) is 6. The summed E-state index contributed by atoms with van der Waals surface area (Å²) >= 11 is 5.89. The minimum absolute atomic E-state index is 0.0275. The van der Waals surface area contributed by atoms with Gasteiger partial charge in [-0.05, 0) is 36.6 Å². The van der Waals surface area contributed by atoms with E-state index >= 15 is 0 Å². The molecule has 1 fully saturated rings. The molecule has 1 aliphatic rings. The van der Waals surface area contributed by atoms with Crippen molar-refractivity contribution in [1.82, 2.24) is 9.38 Å². The van der Waals surface area contributed by atoms with Crippen molar-refractivity contribution >= 4 is 29.1 Å². The minimum Gasteiger partial charge on any atom is -0.842 e. The number of carbonyl (C=O) groups excluding carboxylic acids is 1. The lowest BCUT2D eigenvalue weighted by atomic mass is 10.0. The van der Waals surface area contributed by atoms with Crippen LogP contribution < -0.4 is 21.0 Å². The van der Waals surface area contributed by atoms with E-state index < -0.39 is 17.4 Å². The minimum atomic E-state index is -0.469. The molecule has 0 bridgehead atoms. The van der Waals surface area contributed by atoms with E-state index in [0.717, 1.165) is 18.4 Å². The largest absolute Gasteiger partial charge is 0.842 e. The Hall–Kier alpha value is -4.24. The summed E-state index contributed by atoms with van der Waals surface area (Å²) in [5.41, 5.74) is 7.47. The highest BCUT2D eigenvalue weighted by molar-refractivity contribution is 6.29. The van der Waals surface area contributed by atoms with Crippen molar-refractivity contribution in [2.24, 2.45) is 16.8 Å². The number of fused-ring (bicyclic) bond motifs is 1. The number of oxime groups is 1. The first-order valence-corrected chi connectivity index (χ1v) is 11.3. The maximum atomic E-state index is 13.6. The quantitative estimate of drug-likeness (QED) is 0.110. The molecule has 5 rings (SSSR count). The average Bonchev–Trinajstić information content (AvgIpc) is 3.72. The van der Waals surface area contributed by atoms with Gasteiger partial charge in [-0.15, -0.1) is 0 Å². The highest BCUT2D eigenvalue weighted by Gasteiger charge is 2.31. The molecular weight excluding hydrogens is 470 g/mol. The molecule has 2 N–H and O–H groups in total. The number of nitrogens with two attached hydrogens (primary N) is 1. The first kappa shape index (κ1) is 22.5. The van der Waals surface area contributed by atoms with Gasteiger partial charge in [-0.2, -0.15) is 4.40 Å². The van der Waals surface area contributed by atoms with E-state index in [-0.39, 0.29) is 23.9 Å². The number of benzene rings is 1. The maximum Gasteiger partial charge on any atom is 0.349 e. The Labute approximate surface area is 204 Å². The molecule has 3 aromatic heterocycles. The highest BCUT2D eigenvalue weighted by atomic mass is 35.5. The van der Waals surface area contributed by atoms with Gasteiger partial charge >= 0.3 is 11.5 Å². The SMILES string of the molecule is N/C(=N\OC(=O)C1CC1)c1cccc(-c2c([O-])[n+](Cc3ccc(Cl)nc3)c3ccccn3c2=O)c1. The van der Waals surface area contributed by atoms with Crippen molar-refractivity contribution in [1.29, 1.82) is 0 Å². The third-order valence-corrected chi connectivity index (χ3v) is 5.95. The van der Waals surface area contributed by atoms with Crippen LogP contribution in [0.3, 0.4) is 0 Å². The van der Waals surface area contributed by atoms with Gasteiger partial charge in [0.25, 0.3) is 5.65 Å². The molecule has 1 saturated carbocycles. The number of nitrogens with zero attached hydrogens (tertiary/aromatic N) is 4. The molecule has 1 aromatic carbocycles. The van der Waals surface area contributed by atoms with Crippen LogP contribution in [-0.4, -0.2) is 21.2 Å². The van der Waals surface area contributed by atoms with Crippen LogP contribution in [0.25, 0.3) is 16.8 Å². The Kier molecular flexibility index (Phi) is 5.92. The monoisotopic (exact) mass is 489 g/mol. The van der Waals surface area contributed by atoms with Crippen molar-refractivity contribution in [3.8, 4) is 17.0 Å². The average molecular weight is 490 g/mol. The second kappa shape index (κ2) is 9.19. The molecule has 1 aliphatic carbocycles. The van der Waals surface area contributed by atoms with Crippen LogP contribution in [0.4, 0.5) is 0 Å². The van der Waals surface area contributed by atoms with Crippen LogP contribution in [0.5, 0.6) is 5.88 Å². The molecule has 9 nitrogen and oxygen atoms in total. The fourth-order valence-electron chi connectivity index (χ4n) is 3.73.